The highest BCUT2D eigenvalue weighted by molar-refractivity contribution is 7.99. The SMILES string of the molecule is CCCSc1nc2c(c(=O)[nH]1)=C(c1ccc(OC)cc1)CC(=O)N=2. The third-order valence-corrected chi connectivity index (χ3v) is 4.70. The number of H-pyrrole nitrogens is 1. The lowest BCUT2D eigenvalue weighted by atomic mass is 9.99. The molecule has 0 bridgehead atoms. The first-order chi connectivity index (χ1) is 11.6. The second-order valence-electron chi connectivity index (χ2n) is 5.31. The number of nitrogens with one attached hydrogen (secondary N) is 1. The third kappa shape index (κ3) is 3.26. The Kier molecular flexibility index (Phi) is 4.80. The van der Waals surface area contributed by atoms with E-state index in [1.807, 2.05) is 19.1 Å². The Balaban J connectivity index is 2.20. The van der Waals surface area contributed by atoms with Crippen molar-refractivity contribution in [3.05, 3.63) is 50.9 Å². The van der Waals surface area contributed by atoms with E-state index in [4.69, 9.17) is 4.74 Å². The van der Waals surface area contributed by atoms with Crippen molar-refractivity contribution < 1.29 is 9.53 Å². The van der Waals surface area contributed by atoms with Gasteiger partial charge in [-0.2, -0.15) is 4.99 Å². The van der Waals surface area contributed by atoms with Crippen LogP contribution in [0.15, 0.2) is 39.2 Å². The number of nitrogens with zero attached hydrogens (tertiary/aromatic N) is 2. The average Bonchev–Trinajstić information content (AvgIpc) is 2.59. The van der Waals surface area contributed by atoms with E-state index < -0.39 is 0 Å². The second kappa shape index (κ2) is 7.00. The smallest absolute Gasteiger partial charge is 0.261 e. The summed E-state index contributed by atoms with van der Waals surface area (Å²) in [5.74, 6) is 1.26. The molecule has 3 rings (SSSR count). The van der Waals surface area contributed by atoms with Gasteiger partial charge in [0, 0.05) is 5.75 Å². The fourth-order valence-electron chi connectivity index (χ4n) is 2.50. The molecule has 0 unspecified atom stereocenters. The van der Waals surface area contributed by atoms with E-state index in [1.54, 1.807) is 19.2 Å². The van der Waals surface area contributed by atoms with Gasteiger partial charge in [-0.1, -0.05) is 30.8 Å². The molecule has 0 aliphatic carbocycles. The molecular weight excluding hydrogens is 326 g/mol. The molecule has 6 nitrogen and oxygen atoms in total. The van der Waals surface area contributed by atoms with Crippen LogP contribution in [0.1, 0.15) is 25.3 Å². The van der Waals surface area contributed by atoms with Crippen LogP contribution < -0.4 is 21.0 Å². The van der Waals surface area contributed by atoms with E-state index >= 15 is 0 Å². The molecule has 24 heavy (non-hydrogen) atoms. The molecule has 2 aromatic rings. The van der Waals surface area contributed by atoms with Gasteiger partial charge in [0.05, 0.1) is 18.7 Å². The van der Waals surface area contributed by atoms with Crippen LogP contribution >= 0.6 is 11.8 Å². The van der Waals surface area contributed by atoms with Gasteiger partial charge in [-0.3, -0.25) is 9.59 Å². The number of aromatic amines is 1. The molecule has 7 heteroatoms. The number of carbonyl (C=O) groups is 1. The summed E-state index contributed by atoms with van der Waals surface area (Å²) in [4.78, 5) is 35.6. The van der Waals surface area contributed by atoms with Gasteiger partial charge in [0.15, 0.2) is 10.6 Å². The number of ether oxygens (including phenoxy) is 1. The van der Waals surface area contributed by atoms with Crippen molar-refractivity contribution >= 4 is 23.2 Å². The van der Waals surface area contributed by atoms with Crippen molar-refractivity contribution in [2.45, 2.75) is 24.9 Å². The van der Waals surface area contributed by atoms with Crippen LogP contribution in [-0.4, -0.2) is 28.7 Å². The summed E-state index contributed by atoms with van der Waals surface area (Å²) in [7, 11) is 1.59. The van der Waals surface area contributed by atoms with Crippen LogP contribution in [0.2, 0.25) is 0 Å². The van der Waals surface area contributed by atoms with Crippen LogP contribution in [0.3, 0.4) is 0 Å². The van der Waals surface area contributed by atoms with Crippen LogP contribution in [-0.2, 0) is 4.79 Å². The molecule has 1 aliphatic heterocycles. The van der Waals surface area contributed by atoms with Gasteiger partial charge in [0.2, 0.25) is 0 Å². The molecule has 0 radical (unpaired) electrons. The molecule has 0 spiro atoms. The van der Waals surface area contributed by atoms with Crippen molar-refractivity contribution in [1.29, 1.82) is 0 Å². The van der Waals surface area contributed by atoms with E-state index in [1.165, 1.54) is 11.8 Å². The van der Waals surface area contributed by atoms with Gasteiger partial charge in [-0.05, 0) is 29.7 Å². The number of fused-ring (bicyclic) bond motifs is 1. The molecule has 1 aromatic heterocycles. The first kappa shape index (κ1) is 16.4. The highest BCUT2D eigenvalue weighted by atomic mass is 32.2. The molecule has 1 aromatic carbocycles. The van der Waals surface area contributed by atoms with E-state index in [2.05, 4.69) is 15.0 Å². The predicted molar refractivity (Wildman–Crippen MR) is 91.8 cm³/mol. The molecule has 1 amide bonds. The van der Waals surface area contributed by atoms with Gasteiger partial charge < -0.3 is 9.72 Å². The number of amides is 1. The predicted octanol–water partition coefficient (Wildman–Crippen LogP) is 1.03. The van der Waals surface area contributed by atoms with Crippen molar-refractivity contribution in [3.63, 3.8) is 0 Å². The number of aromatic nitrogens is 2. The van der Waals surface area contributed by atoms with Crippen LogP contribution in [0, 0.1) is 0 Å². The van der Waals surface area contributed by atoms with Crippen molar-refractivity contribution in [1.82, 2.24) is 9.97 Å². The molecule has 2 heterocycles. The maximum Gasteiger partial charge on any atom is 0.261 e. The van der Waals surface area contributed by atoms with Crippen molar-refractivity contribution in [3.8, 4) is 5.75 Å². The summed E-state index contributed by atoms with van der Waals surface area (Å²) in [6.45, 7) is 2.05. The van der Waals surface area contributed by atoms with E-state index in [-0.39, 0.29) is 23.4 Å². The zero-order chi connectivity index (χ0) is 17.1. The normalized spacial score (nSPS) is 13.4. The third-order valence-electron chi connectivity index (χ3n) is 3.62. The monoisotopic (exact) mass is 343 g/mol. The van der Waals surface area contributed by atoms with Crippen molar-refractivity contribution in [2.75, 3.05) is 12.9 Å². The fourth-order valence-corrected chi connectivity index (χ4v) is 3.21. The van der Waals surface area contributed by atoms with Gasteiger partial charge in [0.25, 0.3) is 11.5 Å². The summed E-state index contributed by atoms with van der Waals surface area (Å²) in [6, 6.07) is 7.25. The fraction of sp³-hybridized carbons (Fsp3) is 0.294. The number of methoxy groups -OCH3 is 1. The maximum absolute atomic E-state index is 12.5. The second-order valence-corrected chi connectivity index (χ2v) is 6.39. The number of thioether (sulfide) groups is 1. The largest absolute Gasteiger partial charge is 0.497 e. The van der Waals surface area contributed by atoms with Gasteiger partial charge in [-0.15, -0.1) is 0 Å². The molecule has 0 saturated carbocycles. The van der Waals surface area contributed by atoms with Crippen molar-refractivity contribution in [2.24, 2.45) is 4.99 Å². The molecule has 1 aliphatic rings. The van der Waals surface area contributed by atoms with E-state index in [0.717, 1.165) is 17.7 Å². The minimum Gasteiger partial charge on any atom is -0.497 e. The molecule has 124 valence electrons. The Morgan fingerprint density at radius 1 is 1.25 bits per heavy atom. The first-order valence-corrected chi connectivity index (χ1v) is 8.63. The Hall–Kier alpha value is -2.41. The Morgan fingerprint density at radius 2 is 2.00 bits per heavy atom. The Morgan fingerprint density at radius 3 is 2.67 bits per heavy atom. The molecule has 1 N–H and O–H groups in total. The minimum atomic E-state index is -0.294. The molecular formula is C17H17N3O3S. The van der Waals surface area contributed by atoms with E-state index in [0.29, 0.717) is 21.7 Å². The maximum atomic E-state index is 12.5. The topological polar surface area (TPSA) is 84.4 Å². The van der Waals surface area contributed by atoms with Crippen LogP contribution in [0.4, 0.5) is 0 Å². The number of carbonyl (C=O) groups excluding carboxylic acids is 1. The van der Waals surface area contributed by atoms with E-state index in [9.17, 15) is 9.59 Å². The summed E-state index contributed by atoms with van der Waals surface area (Å²) in [5.41, 5.74) is 1.38. The highest BCUT2D eigenvalue weighted by Crippen LogP contribution is 2.20. The molecule has 0 atom stereocenters. The number of rotatable bonds is 5. The van der Waals surface area contributed by atoms with Gasteiger partial charge in [-0.25, -0.2) is 4.98 Å². The highest BCUT2D eigenvalue weighted by Gasteiger charge is 2.18. The lowest BCUT2D eigenvalue weighted by Crippen LogP contribution is -2.48. The quantitative estimate of drug-likeness (QED) is 0.647. The summed E-state index contributed by atoms with van der Waals surface area (Å²) in [5, 5.41) is 0.869. The zero-order valence-electron chi connectivity index (χ0n) is 13.5. The minimum absolute atomic E-state index is 0.0888. The van der Waals surface area contributed by atoms with Crippen LogP contribution in [0.25, 0.3) is 5.57 Å². The summed E-state index contributed by atoms with van der Waals surface area (Å²) < 4.78 is 5.15. The number of benzene rings is 1. The van der Waals surface area contributed by atoms with Crippen LogP contribution in [0.5, 0.6) is 5.75 Å². The van der Waals surface area contributed by atoms with Gasteiger partial charge >= 0.3 is 0 Å². The standard InChI is InChI=1S/C17H17N3O3S/c1-3-8-24-17-19-15-14(16(22)20-17)12(9-13(21)18-15)10-4-6-11(23-2)7-5-10/h4-7H,3,8-9H2,1-2H3,(H,18,19,20,21,22). The zero-order valence-corrected chi connectivity index (χ0v) is 14.3. The first-order valence-electron chi connectivity index (χ1n) is 7.64. The Labute approximate surface area is 142 Å². The summed E-state index contributed by atoms with van der Waals surface area (Å²) >= 11 is 1.45. The lowest BCUT2D eigenvalue weighted by Gasteiger charge is -2.10. The van der Waals surface area contributed by atoms with Gasteiger partial charge in [0.1, 0.15) is 5.75 Å². The summed E-state index contributed by atoms with van der Waals surface area (Å²) in [6.07, 6.45) is 1.05. The molecule has 0 saturated heterocycles. The number of hydrogen-bond acceptors (Lipinski definition) is 5. The average molecular weight is 343 g/mol. The molecule has 0 fully saturated rings. The lowest BCUT2D eigenvalue weighted by molar-refractivity contribution is -0.117. The Bertz CT molecular complexity index is 949. The number of hydrogen-bond donors (Lipinski definition) is 1.